The lowest BCUT2D eigenvalue weighted by Gasteiger charge is -2.19. The van der Waals surface area contributed by atoms with Crippen LogP contribution in [0.25, 0.3) is 0 Å². The molecule has 0 radical (unpaired) electrons. The van der Waals surface area contributed by atoms with Crippen molar-refractivity contribution in [2.45, 2.75) is 45.3 Å². The van der Waals surface area contributed by atoms with Crippen molar-refractivity contribution >= 4 is 11.3 Å². The third-order valence-electron chi connectivity index (χ3n) is 3.44. The molecule has 3 heteroatoms. The highest BCUT2D eigenvalue weighted by atomic mass is 32.1. The number of hydrogen-bond donors (Lipinski definition) is 2. The second-order valence-corrected chi connectivity index (χ2v) is 6.52. The topological polar surface area (TPSA) is 32.3 Å². The molecule has 1 saturated carbocycles. The van der Waals surface area contributed by atoms with Gasteiger partial charge in [0.25, 0.3) is 0 Å². The van der Waals surface area contributed by atoms with Crippen LogP contribution in [0.3, 0.4) is 0 Å². The molecule has 0 bridgehead atoms. The van der Waals surface area contributed by atoms with E-state index in [9.17, 15) is 5.11 Å². The van der Waals surface area contributed by atoms with Crippen LogP contribution < -0.4 is 5.32 Å². The van der Waals surface area contributed by atoms with E-state index in [0.717, 1.165) is 4.88 Å². The number of nitrogens with one attached hydrogen (secondary N) is 1. The van der Waals surface area contributed by atoms with E-state index in [0.29, 0.717) is 18.0 Å². The van der Waals surface area contributed by atoms with Gasteiger partial charge in [0, 0.05) is 17.5 Å². The number of thiophene rings is 1. The quantitative estimate of drug-likeness (QED) is 0.846. The molecule has 2 rings (SSSR count). The highest BCUT2D eigenvalue weighted by molar-refractivity contribution is 7.10. The van der Waals surface area contributed by atoms with Gasteiger partial charge in [-0.25, -0.2) is 0 Å². The molecule has 2 atom stereocenters. The van der Waals surface area contributed by atoms with E-state index in [4.69, 9.17) is 0 Å². The smallest absolute Gasteiger partial charge is 0.101 e. The SMILES string of the molecule is CC1(C)CCC(NCC(O)c2cccs2)C1. The number of rotatable bonds is 4. The van der Waals surface area contributed by atoms with Gasteiger partial charge in [-0.3, -0.25) is 0 Å². The van der Waals surface area contributed by atoms with Crippen molar-refractivity contribution < 1.29 is 5.11 Å². The number of aliphatic hydroxyl groups is 1. The minimum atomic E-state index is -0.344. The normalized spacial score (nSPS) is 25.8. The van der Waals surface area contributed by atoms with E-state index in [2.05, 4.69) is 19.2 Å². The van der Waals surface area contributed by atoms with Gasteiger partial charge in [-0.15, -0.1) is 11.3 Å². The Kier molecular flexibility index (Phi) is 3.67. The molecule has 0 spiro atoms. The van der Waals surface area contributed by atoms with Crippen molar-refractivity contribution in [3.8, 4) is 0 Å². The molecule has 90 valence electrons. The van der Waals surface area contributed by atoms with Gasteiger partial charge in [-0.2, -0.15) is 0 Å². The van der Waals surface area contributed by atoms with E-state index in [1.54, 1.807) is 11.3 Å². The summed E-state index contributed by atoms with van der Waals surface area (Å²) in [7, 11) is 0. The molecule has 0 aliphatic heterocycles. The summed E-state index contributed by atoms with van der Waals surface area (Å²) in [6, 6.07) is 4.57. The zero-order valence-corrected chi connectivity index (χ0v) is 10.9. The average molecular weight is 239 g/mol. The van der Waals surface area contributed by atoms with Crippen molar-refractivity contribution in [1.29, 1.82) is 0 Å². The minimum Gasteiger partial charge on any atom is -0.386 e. The van der Waals surface area contributed by atoms with Crippen LogP contribution in [0, 0.1) is 5.41 Å². The van der Waals surface area contributed by atoms with Crippen LogP contribution in [0.15, 0.2) is 17.5 Å². The minimum absolute atomic E-state index is 0.344. The summed E-state index contributed by atoms with van der Waals surface area (Å²) in [4.78, 5) is 1.06. The predicted molar refractivity (Wildman–Crippen MR) is 68.7 cm³/mol. The molecule has 2 N–H and O–H groups in total. The van der Waals surface area contributed by atoms with Gasteiger partial charge in [-0.05, 0) is 36.1 Å². The third-order valence-corrected chi connectivity index (χ3v) is 4.41. The number of aliphatic hydroxyl groups excluding tert-OH is 1. The first-order valence-corrected chi connectivity index (χ1v) is 6.90. The number of hydrogen-bond acceptors (Lipinski definition) is 3. The maximum absolute atomic E-state index is 9.95. The summed E-state index contributed by atoms with van der Waals surface area (Å²) in [6.45, 7) is 5.33. The van der Waals surface area contributed by atoms with E-state index in [1.807, 2.05) is 17.5 Å². The van der Waals surface area contributed by atoms with Crippen LogP contribution in [-0.4, -0.2) is 17.7 Å². The highest BCUT2D eigenvalue weighted by Crippen LogP contribution is 2.37. The fourth-order valence-electron chi connectivity index (χ4n) is 2.47. The van der Waals surface area contributed by atoms with Crippen LogP contribution in [-0.2, 0) is 0 Å². The molecule has 1 aliphatic rings. The molecule has 0 aromatic carbocycles. The van der Waals surface area contributed by atoms with E-state index < -0.39 is 0 Å². The molecule has 0 amide bonds. The lowest BCUT2D eigenvalue weighted by molar-refractivity contribution is 0.172. The Bertz CT molecular complexity index is 321. The second kappa shape index (κ2) is 4.86. The molecular weight excluding hydrogens is 218 g/mol. The molecule has 2 unspecified atom stereocenters. The maximum Gasteiger partial charge on any atom is 0.101 e. The van der Waals surface area contributed by atoms with Crippen molar-refractivity contribution in [2.24, 2.45) is 5.41 Å². The van der Waals surface area contributed by atoms with Gasteiger partial charge in [0.2, 0.25) is 0 Å². The first-order chi connectivity index (χ1) is 7.57. The maximum atomic E-state index is 9.95. The Morgan fingerprint density at radius 3 is 3.00 bits per heavy atom. The Morgan fingerprint density at radius 1 is 1.62 bits per heavy atom. The third kappa shape index (κ3) is 3.06. The first-order valence-electron chi connectivity index (χ1n) is 6.02. The Labute approximate surface area is 102 Å². The fourth-order valence-corrected chi connectivity index (χ4v) is 3.18. The monoisotopic (exact) mass is 239 g/mol. The van der Waals surface area contributed by atoms with Crippen molar-refractivity contribution in [2.75, 3.05) is 6.54 Å². The van der Waals surface area contributed by atoms with Gasteiger partial charge >= 0.3 is 0 Å². The van der Waals surface area contributed by atoms with Gasteiger partial charge < -0.3 is 10.4 Å². The molecule has 1 fully saturated rings. The highest BCUT2D eigenvalue weighted by Gasteiger charge is 2.30. The van der Waals surface area contributed by atoms with Crippen molar-refractivity contribution in [3.63, 3.8) is 0 Å². The Morgan fingerprint density at radius 2 is 2.44 bits per heavy atom. The summed E-state index contributed by atoms with van der Waals surface area (Å²) in [6.07, 6.45) is 3.41. The lowest BCUT2D eigenvalue weighted by atomic mass is 9.92. The van der Waals surface area contributed by atoms with Gasteiger partial charge in [0.15, 0.2) is 0 Å². The molecule has 1 aromatic heterocycles. The van der Waals surface area contributed by atoms with Crippen LogP contribution in [0.4, 0.5) is 0 Å². The fraction of sp³-hybridized carbons (Fsp3) is 0.692. The summed E-state index contributed by atoms with van der Waals surface area (Å²) in [5.74, 6) is 0. The standard InChI is InChI=1S/C13H21NOS/c1-13(2)6-5-10(8-13)14-9-11(15)12-4-3-7-16-12/h3-4,7,10-11,14-15H,5-6,8-9H2,1-2H3. The molecule has 1 aliphatic carbocycles. The molecule has 1 heterocycles. The average Bonchev–Trinajstić information content (AvgIpc) is 2.83. The molecular formula is C13H21NOS. The van der Waals surface area contributed by atoms with Gasteiger partial charge in [-0.1, -0.05) is 19.9 Å². The molecule has 16 heavy (non-hydrogen) atoms. The molecule has 1 aromatic rings. The lowest BCUT2D eigenvalue weighted by Crippen LogP contribution is -2.31. The van der Waals surface area contributed by atoms with E-state index in [1.165, 1.54) is 19.3 Å². The zero-order chi connectivity index (χ0) is 11.6. The largest absolute Gasteiger partial charge is 0.386 e. The summed E-state index contributed by atoms with van der Waals surface area (Å²) in [5, 5.41) is 15.4. The Hall–Kier alpha value is -0.380. The van der Waals surface area contributed by atoms with Crippen LogP contribution >= 0.6 is 11.3 Å². The predicted octanol–water partition coefficient (Wildman–Crippen LogP) is 2.95. The van der Waals surface area contributed by atoms with Crippen LogP contribution in [0.2, 0.25) is 0 Å². The molecule has 2 nitrogen and oxygen atoms in total. The van der Waals surface area contributed by atoms with E-state index >= 15 is 0 Å². The van der Waals surface area contributed by atoms with Crippen molar-refractivity contribution in [1.82, 2.24) is 5.32 Å². The zero-order valence-electron chi connectivity index (χ0n) is 10.1. The Balaban J connectivity index is 1.76. The summed E-state index contributed by atoms with van der Waals surface area (Å²) >= 11 is 1.62. The van der Waals surface area contributed by atoms with Crippen LogP contribution in [0.1, 0.15) is 44.1 Å². The van der Waals surface area contributed by atoms with E-state index in [-0.39, 0.29) is 6.10 Å². The van der Waals surface area contributed by atoms with Crippen LogP contribution in [0.5, 0.6) is 0 Å². The van der Waals surface area contributed by atoms with Gasteiger partial charge in [0.1, 0.15) is 6.10 Å². The first kappa shape index (κ1) is 12.1. The second-order valence-electron chi connectivity index (χ2n) is 5.54. The van der Waals surface area contributed by atoms with Gasteiger partial charge in [0.05, 0.1) is 0 Å². The summed E-state index contributed by atoms with van der Waals surface area (Å²) in [5.41, 5.74) is 0.478. The molecule has 0 saturated heterocycles. The summed E-state index contributed by atoms with van der Waals surface area (Å²) < 4.78 is 0. The van der Waals surface area contributed by atoms with Crippen molar-refractivity contribution in [3.05, 3.63) is 22.4 Å².